The Morgan fingerprint density at radius 2 is 1.88 bits per heavy atom. The number of methoxy groups -OCH3 is 1. The van der Waals surface area contributed by atoms with Gasteiger partial charge in [-0.2, -0.15) is 0 Å². The fraction of sp³-hybridized carbons (Fsp3) is 0.500. The van der Waals surface area contributed by atoms with E-state index in [1.165, 1.54) is 21.0 Å². The van der Waals surface area contributed by atoms with E-state index in [9.17, 15) is 14.4 Å². The second-order valence-corrected chi connectivity index (χ2v) is 6.08. The van der Waals surface area contributed by atoms with E-state index in [4.69, 9.17) is 14.2 Å². The van der Waals surface area contributed by atoms with E-state index in [1.54, 1.807) is 5.01 Å². The van der Waals surface area contributed by atoms with Crippen LogP contribution in [0.15, 0.2) is 30.3 Å². The minimum atomic E-state index is -0.613. The molecule has 0 spiro atoms. The highest BCUT2D eigenvalue weighted by Gasteiger charge is 2.46. The molecule has 1 aliphatic heterocycles. The van der Waals surface area contributed by atoms with Crippen molar-refractivity contribution in [1.29, 1.82) is 0 Å². The van der Waals surface area contributed by atoms with Gasteiger partial charge in [0.05, 0.1) is 32.7 Å². The summed E-state index contributed by atoms with van der Waals surface area (Å²) >= 11 is 0. The number of hydrogen-bond donors (Lipinski definition) is 1. The Morgan fingerprint density at radius 3 is 2.46 bits per heavy atom. The number of nitrogens with one attached hydrogen (secondary N) is 1. The van der Waals surface area contributed by atoms with Crippen molar-refractivity contribution in [1.82, 2.24) is 10.4 Å². The minimum absolute atomic E-state index is 0.00595. The highest BCUT2D eigenvalue weighted by Crippen LogP contribution is 2.26. The number of carbonyl (C=O) groups is 3. The zero-order valence-corrected chi connectivity index (χ0v) is 15.1. The molecular formula is C18H24N2O6. The van der Waals surface area contributed by atoms with E-state index < -0.39 is 30.2 Å². The van der Waals surface area contributed by atoms with Crippen LogP contribution in [0.25, 0.3) is 0 Å². The molecule has 1 amide bonds. The number of esters is 2. The Hall–Kier alpha value is -2.45. The quantitative estimate of drug-likeness (QED) is 0.715. The Kier molecular flexibility index (Phi) is 7.11. The molecule has 142 valence electrons. The predicted octanol–water partition coefficient (Wildman–Crippen LogP) is 0.802. The van der Waals surface area contributed by atoms with E-state index in [1.807, 2.05) is 30.3 Å². The van der Waals surface area contributed by atoms with Crippen LogP contribution in [0.3, 0.4) is 0 Å². The van der Waals surface area contributed by atoms with Gasteiger partial charge in [0, 0.05) is 13.8 Å². The zero-order chi connectivity index (χ0) is 19.1. The van der Waals surface area contributed by atoms with Crippen LogP contribution in [0, 0.1) is 0 Å². The van der Waals surface area contributed by atoms with Crippen molar-refractivity contribution in [2.45, 2.75) is 45.1 Å². The Bertz CT molecular complexity index is 636. The van der Waals surface area contributed by atoms with Gasteiger partial charge in [-0.1, -0.05) is 30.3 Å². The maximum absolute atomic E-state index is 11.8. The Morgan fingerprint density at radius 1 is 1.19 bits per heavy atom. The summed E-state index contributed by atoms with van der Waals surface area (Å²) < 4.78 is 16.1. The van der Waals surface area contributed by atoms with Crippen LogP contribution >= 0.6 is 0 Å². The lowest BCUT2D eigenvalue weighted by Gasteiger charge is -2.27. The van der Waals surface area contributed by atoms with Crippen LogP contribution in [-0.4, -0.2) is 54.8 Å². The number of nitrogens with zero attached hydrogens (tertiary/aromatic N) is 1. The molecule has 1 N–H and O–H groups in total. The standard InChI is InChI=1S/C18H24N2O6/c1-12(21)19-20-10-16(26-13(2)22)18(15(20)9-17(23)24-3)25-11-14-7-5-4-6-8-14/h4-8,15-16,18H,9-11H2,1-3H3,(H,19,21)/t15-,16+,18+/m0/s1. The van der Waals surface area contributed by atoms with Gasteiger partial charge in [0.1, 0.15) is 12.2 Å². The number of rotatable bonds is 7. The summed E-state index contributed by atoms with van der Waals surface area (Å²) in [5.41, 5.74) is 3.62. The number of ether oxygens (including phenoxy) is 3. The Balaban J connectivity index is 2.19. The summed E-state index contributed by atoms with van der Waals surface area (Å²) in [7, 11) is 1.30. The molecule has 0 unspecified atom stereocenters. The molecule has 8 heteroatoms. The van der Waals surface area contributed by atoms with Crippen molar-refractivity contribution in [2.24, 2.45) is 0 Å². The van der Waals surface area contributed by atoms with Crippen LogP contribution < -0.4 is 5.43 Å². The van der Waals surface area contributed by atoms with Crippen molar-refractivity contribution in [3.05, 3.63) is 35.9 Å². The average Bonchev–Trinajstić information content (AvgIpc) is 2.88. The van der Waals surface area contributed by atoms with Gasteiger partial charge < -0.3 is 14.2 Å². The average molecular weight is 364 g/mol. The second kappa shape index (κ2) is 9.30. The van der Waals surface area contributed by atoms with Gasteiger partial charge >= 0.3 is 11.9 Å². The molecule has 1 fully saturated rings. The fourth-order valence-corrected chi connectivity index (χ4v) is 2.97. The molecule has 1 saturated heterocycles. The number of carbonyl (C=O) groups excluding carboxylic acids is 3. The maximum Gasteiger partial charge on any atom is 0.307 e. The predicted molar refractivity (Wildman–Crippen MR) is 91.5 cm³/mol. The lowest BCUT2D eigenvalue weighted by atomic mass is 10.1. The highest BCUT2D eigenvalue weighted by atomic mass is 16.6. The first-order chi connectivity index (χ1) is 12.4. The molecule has 1 aromatic carbocycles. The van der Waals surface area contributed by atoms with Gasteiger partial charge in [0.15, 0.2) is 0 Å². The maximum atomic E-state index is 11.8. The third kappa shape index (κ3) is 5.53. The first-order valence-corrected chi connectivity index (χ1v) is 8.34. The molecular weight excluding hydrogens is 340 g/mol. The van der Waals surface area contributed by atoms with Crippen LogP contribution in [0.5, 0.6) is 0 Å². The third-order valence-electron chi connectivity index (χ3n) is 4.03. The lowest BCUT2D eigenvalue weighted by Crippen LogP contribution is -2.48. The lowest BCUT2D eigenvalue weighted by molar-refractivity contribution is -0.153. The summed E-state index contributed by atoms with van der Waals surface area (Å²) in [4.78, 5) is 34.8. The smallest absolute Gasteiger partial charge is 0.307 e. The van der Waals surface area contributed by atoms with E-state index in [-0.39, 0.29) is 25.5 Å². The summed E-state index contributed by atoms with van der Waals surface area (Å²) in [6.45, 7) is 3.19. The number of hydrogen-bond acceptors (Lipinski definition) is 7. The molecule has 1 heterocycles. The van der Waals surface area contributed by atoms with Crippen molar-refractivity contribution in [2.75, 3.05) is 13.7 Å². The molecule has 0 bridgehead atoms. The molecule has 1 aliphatic rings. The molecule has 26 heavy (non-hydrogen) atoms. The summed E-state index contributed by atoms with van der Waals surface area (Å²) in [5.74, 6) is -1.18. The highest BCUT2D eigenvalue weighted by molar-refractivity contribution is 5.73. The second-order valence-electron chi connectivity index (χ2n) is 6.08. The summed E-state index contributed by atoms with van der Waals surface area (Å²) in [6.07, 6.45) is -1.21. The SMILES string of the molecule is COC(=O)C[C@H]1[C@@H](OCc2ccccc2)[C@H](OC(C)=O)CN1NC(C)=O. The van der Waals surface area contributed by atoms with Crippen LogP contribution in [0.1, 0.15) is 25.8 Å². The first kappa shape index (κ1) is 19.9. The number of amides is 1. The van der Waals surface area contributed by atoms with E-state index >= 15 is 0 Å². The van der Waals surface area contributed by atoms with Gasteiger partial charge in [-0.3, -0.25) is 19.8 Å². The van der Waals surface area contributed by atoms with Gasteiger partial charge in [0.25, 0.3) is 0 Å². The van der Waals surface area contributed by atoms with E-state index in [0.29, 0.717) is 0 Å². The molecule has 1 aromatic rings. The zero-order valence-electron chi connectivity index (χ0n) is 15.1. The van der Waals surface area contributed by atoms with Crippen LogP contribution in [-0.2, 0) is 35.2 Å². The Labute approximate surface area is 152 Å². The fourth-order valence-electron chi connectivity index (χ4n) is 2.97. The number of hydrazine groups is 1. The monoisotopic (exact) mass is 364 g/mol. The van der Waals surface area contributed by atoms with Gasteiger partial charge in [0.2, 0.25) is 5.91 Å². The van der Waals surface area contributed by atoms with Crippen molar-refractivity contribution < 1.29 is 28.6 Å². The molecule has 0 saturated carbocycles. The van der Waals surface area contributed by atoms with Crippen LogP contribution in [0.4, 0.5) is 0 Å². The van der Waals surface area contributed by atoms with Gasteiger partial charge in [-0.25, -0.2) is 5.01 Å². The summed E-state index contributed by atoms with van der Waals surface area (Å²) in [6, 6.07) is 9.00. The normalized spacial score (nSPS) is 22.7. The van der Waals surface area contributed by atoms with E-state index in [0.717, 1.165) is 5.56 Å². The minimum Gasteiger partial charge on any atom is -0.469 e. The van der Waals surface area contributed by atoms with Crippen molar-refractivity contribution >= 4 is 17.8 Å². The molecule has 0 aliphatic carbocycles. The molecule has 0 aromatic heterocycles. The molecule has 2 rings (SSSR count). The molecule has 3 atom stereocenters. The molecule has 8 nitrogen and oxygen atoms in total. The van der Waals surface area contributed by atoms with E-state index in [2.05, 4.69) is 5.43 Å². The van der Waals surface area contributed by atoms with Gasteiger partial charge in [-0.05, 0) is 5.56 Å². The van der Waals surface area contributed by atoms with Crippen LogP contribution in [0.2, 0.25) is 0 Å². The summed E-state index contributed by atoms with van der Waals surface area (Å²) in [5, 5.41) is 1.57. The number of benzene rings is 1. The largest absolute Gasteiger partial charge is 0.469 e. The third-order valence-corrected chi connectivity index (χ3v) is 4.03. The topological polar surface area (TPSA) is 94.2 Å². The van der Waals surface area contributed by atoms with Crippen molar-refractivity contribution in [3.8, 4) is 0 Å². The first-order valence-electron chi connectivity index (χ1n) is 8.34. The molecule has 0 radical (unpaired) electrons. The van der Waals surface area contributed by atoms with Gasteiger partial charge in [-0.15, -0.1) is 0 Å². The van der Waals surface area contributed by atoms with Crippen molar-refractivity contribution in [3.63, 3.8) is 0 Å².